The third kappa shape index (κ3) is 4.23. The molecule has 156 valence electrons. The lowest BCUT2D eigenvalue weighted by molar-refractivity contribution is 0.208. The van der Waals surface area contributed by atoms with Gasteiger partial charge in [0.15, 0.2) is 5.82 Å². The highest BCUT2D eigenvalue weighted by Gasteiger charge is 2.22. The second-order valence-corrected chi connectivity index (χ2v) is 7.85. The average molecular weight is 426 g/mol. The van der Waals surface area contributed by atoms with E-state index in [1.54, 1.807) is 17.3 Å². The number of aromatic nitrogens is 4. The number of urea groups is 1. The zero-order valence-electron chi connectivity index (χ0n) is 17.3. The van der Waals surface area contributed by atoms with Gasteiger partial charge >= 0.3 is 6.03 Å². The van der Waals surface area contributed by atoms with E-state index < -0.39 is 0 Å². The highest BCUT2D eigenvalue weighted by Crippen LogP contribution is 2.21. The molecule has 2 amide bonds. The van der Waals surface area contributed by atoms with Gasteiger partial charge in [0, 0.05) is 48.6 Å². The molecule has 8 nitrogen and oxygen atoms in total. The average Bonchev–Trinajstić information content (AvgIpc) is 3.09. The van der Waals surface area contributed by atoms with Crippen molar-refractivity contribution in [3.8, 4) is 5.82 Å². The van der Waals surface area contributed by atoms with Crippen molar-refractivity contribution < 1.29 is 4.79 Å². The van der Waals surface area contributed by atoms with Crippen LogP contribution in [0.2, 0.25) is 5.02 Å². The van der Waals surface area contributed by atoms with E-state index in [2.05, 4.69) is 25.3 Å². The summed E-state index contributed by atoms with van der Waals surface area (Å²) in [7, 11) is 0. The van der Waals surface area contributed by atoms with E-state index in [1.165, 1.54) is 0 Å². The van der Waals surface area contributed by atoms with Crippen molar-refractivity contribution in [1.82, 2.24) is 24.6 Å². The fourth-order valence-corrected chi connectivity index (χ4v) is 3.68. The molecule has 0 atom stereocenters. The van der Waals surface area contributed by atoms with Gasteiger partial charge in [-0.1, -0.05) is 17.7 Å². The molecule has 0 radical (unpaired) electrons. The Morgan fingerprint density at radius 1 is 1.00 bits per heavy atom. The first-order chi connectivity index (χ1) is 14.4. The van der Waals surface area contributed by atoms with Gasteiger partial charge in [-0.15, -0.1) is 0 Å². The van der Waals surface area contributed by atoms with Crippen molar-refractivity contribution >= 4 is 29.1 Å². The number of carbonyl (C=O) groups is 1. The second-order valence-electron chi connectivity index (χ2n) is 7.44. The zero-order chi connectivity index (χ0) is 21.3. The Morgan fingerprint density at radius 2 is 1.73 bits per heavy atom. The van der Waals surface area contributed by atoms with Crippen molar-refractivity contribution in [2.24, 2.45) is 0 Å². The lowest BCUT2D eigenvalue weighted by Crippen LogP contribution is -2.50. The minimum atomic E-state index is -0.124. The molecule has 1 aliphatic heterocycles. The molecule has 1 N–H and O–H groups in total. The number of rotatable bonds is 3. The minimum absolute atomic E-state index is 0.124. The molecule has 0 unspecified atom stereocenters. The fourth-order valence-electron chi connectivity index (χ4n) is 3.50. The van der Waals surface area contributed by atoms with E-state index in [-0.39, 0.29) is 6.03 Å². The second kappa shape index (κ2) is 8.31. The molecule has 9 heteroatoms. The summed E-state index contributed by atoms with van der Waals surface area (Å²) in [6, 6.07) is 9.35. The topological polar surface area (TPSA) is 79.2 Å². The maximum Gasteiger partial charge on any atom is 0.321 e. The molecule has 30 heavy (non-hydrogen) atoms. The number of nitrogens with one attached hydrogen (secondary N) is 1. The minimum Gasteiger partial charge on any atom is -0.353 e. The summed E-state index contributed by atoms with van der Waals surface area (Å²) < 4.78 is 1.82. The Kier molecular flexibility index (Phi) is 5.59. The number of nitrogens with zero attached hydrogens (tertiary/aromatic N) is 6. The first-order valence-corrected chi connectivity index (χ1v) is 10.2. The van der Waals surface area contributed by atoms with Crippen LogP contribution in [0.4, 0.5) is 16.3 Å². The number of amides is 2. The first kappa shape index (κ1) is 20.2. The number of carbonyl (C=O) groups excluding carboxylic acids is 1. The highest BCUT2D eigenvalue weighted by molar-refractivity contribution is 6.31. The van der Waals surface area contributed by atoms with Crippen LogP contribution in [0, 0.1) is 20.8 Å². The molecule has 0 saturated carbocycles. The van der Waals surface area contributed by atoms with Crippen LogP contribution in [0.1, 0.15) is 17.0 Å². The Labute approximate surface area is 180 Å². The third-order valence-corrected chi connectivity index (χ3v) is 5.59. The monoisotopic (exact) mass is 425 g/mol. The van der Waals surface area contributed by atoms with Gasteiger partial charge < -0.3 is 15.1 Å². The maximum atomic E-state index is 12.6. The summed E-state index contributed by atoms with van der Waals surface area (Å²) in [5, 5.41) is 8.05. The Morgan fingerprint density at radius 3 is 2.40 bits per heavy atom. The van der Waals surface area contributed by atoms with Gasteiger partial charge in [-0.25, -0.2) is 19.4 Å². The molecule has 4 rings (SSSR count). The number of benzene rings is 1. The van der Waals surface area contributed by atoms with E-state index in [0.717, 1.165) is 28.6 Å². The SMILES string of the molecule is Cc1cc(C)n(-c2cc(N3CCN(C(=O)Nc4ccc(C)c(Cl)c4)CC3)ncn2)n1. The van der Waals surface area contributed by atoms with E-state index in [4.69, 9.17) is 11.6 Å². The van der Waals surface area contributed by atoms with E-state index >= 15 is 0 Å². The Balaban J connectivity index is 1.39. The van der Waals surface area contributed by atoms with Crippen molar-refractivity contribution in [2.75, 3.05) is 36.4 Å². The van der Waals surface area contributed by atoms with Gasteiger partial charge in [-0.3, -0.25) is 0 Å². The largest absolute Gasteiger partial charge is 0.353 e. The van der Waals surface area contributed by atoms with Crippen LogP contribution < -0.4 is 10.2 Å². The van der Waals surface area contributed by atoms with Crippen molar-refractivity contribution in [3.05, 3.63) is 58.6 Å². The van der Waals surface area contributed by atoms with Gasteiger partial charge in [-0.05, 0) is 44.5 Å². The standard InChI is InChI=1S/C21H24ClN7O/c1-14-4-5-17(11-18(14)22)25-21(30)28-8-6-27(7-9-28)19-12-20(24-13-23-19)29-16(3)10-15(2)26-29/h4-5,10-13H,6-9H2,1-3H3,(H,25,30). The number of aryl methyl sites for hydroxylation is 3. The predicted octanol–water partition coefficient (Wildman–Crippen LogP) is 3.60. The van der Waals surface area contributed by atoms with Gasteiger partial charge in [0.05, 0.1) is 5.69 Å². The van der Waals surface area contributed by atoms with Crippen LogP contribution in [0.5, 0.6) is 0 Å². The normalized spacial score (nSPS) is 14.1. The van der Waals surface area contributed by atoms with Crippen LogP contribution in [-0.4, -0.2) is 56.9 Å². The fraction of sp³-hybridized carbons (Fsp3) is 0.333. The summed E-state index contributed by atoms with van der Waals surface area (Å²) in [5.74, 6) is 1.57. The van der Waals surface area contributed by atoms with Crippen LogP contribution in [0.25, 0.3) is 5.82 Å². The van der Waals surface area contributed by atoms with E-state index in [1.807, 2.05) is 49.7 Å². The summed E-state index contributed by atoms with van der Waals surface area (Å²) in [6.45, 7) is 8.47. The number of piperazine rings is 1. The quantitative estimate of drug-likeness (QED) is 0.693. The molecule has 0 bridgehead atoms. The molecule has 3 heterocycles. The molecule has 1 aromatic carbocycles. The summed E-state index contributed by atoms with van der Waals surface area (Å²) in [4.78, 5) is 25.3. The molecule has 1 saturated heterocycles. The van der Waals surface area contributed by atoms with E-state index in [0.29, 0.717) is 36.9 Å². The molecule has 0 aliphatic carbocycles. The lowest BCUT2D eigenvalue weighted by atomic mass is 10.2. The zero-order valence-corrected chi connectivity index (χ0v) is 18.0. The van der Waals surface area contributed by atoms with Gasteiger partial charge in [0.1, 0.15) is 12.1 Å². The van der Waals surface area contributed by atoms with Gasteiger partial charge in [0.2, 0.25) is 0 Å². The number of hydrogen-bond donors (Lipinski definition) is 1. The van der Waals surface area contributed by atoms with Crippen molar-refractivity contribution in [2.45, 2.75) is 20.8 Å². The summed E-state index contributed by atoms with van der Waals surface area (Å²) >= 11 is 6.15. The Bertz CT molecular complexity index is 1070. The molecule has 3 aromatic rings. The van der Waals surface area contributed by atoms with Gasteiger partial charge in [-0.2, -0.15) is 5.10 Å². The summed E-state index contributed by atoms with van der Waals surface area (Å²) in [6.07, 6.45) is 1.56. The van der Waals surface area contributed by atoms with E-state index in [9.17, 15) is 4.79 Å². The molecular weight excluding hydrogens is 402 g/mol. The van der Waals surface area contributed by atoms with Crippen LogP contribution in [-0.2, 0) is 0 Å². The number of halogens is 1. The summed E-state index contributed by atoms with van der Waals surface area (Å²) in [5.41, 5.74) is 3.65. The first-order valence-electron chi connectivity index (χ1n) is 9.83. The van der Waals surface area contributed by atoms with Crippen LogP contribution in [0.15, 0.2) is 36.7 Å². The molecule has 2 aromatic heterocycles. The number of hydrogen-bond acceptors (Lipinski definition) is 5. The van der Waals surface area contributed by atoms with Crippen molar-refractivity contribution in [3.63, 3.8) is 0 Å². The molecule has 1 fully saturated rings. The highest BCUT2D eigenvalue weighted by atomic mass is 35.5. The molecule has 1 aliphatic rings. The molecule has 0 spiro atoms. The smallest absolute Gasteiger partial charge is 0.321 e. The Hall–Kier alpha value is -3.13. The molecular formula is C21H24ClN7O. The number of anilines is 2. The van der Waals surface area contributed by atoms with Crippen LogP contribution in [0.3, 0.4) is 0 Å². The van der Waals surface area contributed by atoms with Gasteiger partial charge in [0.25, 0.3) is 0 Å². The maximum absolute atomic E-state index is 12.6. The lowest BCUT2D eigenvalue weighted by Gasteiger charge is -2.35. The third-order valence-electron chi connectivity index (χ3n) is 5.18. The van der Waals surface area contributed by atoms with Crippen molar-refractivity contribution in [1.29, 1.82) is 0 Å². The predicted molar refractivity (Wildman–Crippen MR) is 118 cm³/mol. The van der Waals surface area contributed by atoms with Crippen LogP contribution >= 0.6 is 11.6 Å².